The molecule has 1 aromatic heterocycles. The highest BCUT2D eigenvalue weighted by Crippen LogP contribution is 2.23. The summed E-state index contributed by atoms with van der Waals surface area (Å²) in [5.41, 5.74) is 0.987. The minimum absolute atomic E-state index is 0.134. The molecule has 0 aliphatic heterocycles. The van der Waals surface area contributed by atoms with Crippen LogP contribution in [0.5, 0.6) is 0 Å². The lowest BCUT2D eigenvalue weighted by Gasteiger charge is -2.18. The van der Waals surface area contributed by atoms with Crippen molar-refractivity contribution >= 4 is 0 Å². The van der Waals surface area contributed by atoms with Gasteiger partial charge in [-0.3, -0.25) is 4.98 Å². The Kier molecular flexibility index (Phi) is 6.84. The highest BCUT2D eigenvalue weighted by Gasteiger charge is 2.26. The van der Waals surface area contributed by atoms with Crippen molar-refractivity contribution in [2.75, 3.05) is 6.54 Å². The highest BCUT2D eigenvalue weighted by molar-refractivity contribution is 5.03. The van der Waals surface area contributed by atoms with Crippen molar-refractivity contribution in [3.63, 3.8) is 0 Å². The summed E-state index contributed by atoms with van der Waals surface area (Å²) in [7, 11) is 0. The number of hydrogen-bond donors (Lipinski definition) is 1. The van der Waals surface area contributed by atoms with Crippen molar-refractivity contribution in [2.24, 2.45) is 0 Å². The molecule has 1 N–H and O–H groups in total. The Labute approximate surface area is 112 Å². The Morgan fingerprint density at radius 1 is 1.26 bits per heavy atom. The number of hydrogen-bond acceptors (Lipinski definition) is 2. The summed E-state index contributed by atoms with van der Waals surface area (Å²) in [6.45, 7) is 2.75. The van der Waals surface area contributed by atoms with Crippen LogP contribution in [0.25, 0.3) is 0 Å². The zero-order valence-electron chi connectivity index (χ0n) is 11.2. The quantitative estimate of drug-likeness (QED) is 0.781. The molecule has 1 unspecified atom stereocenters. The molecule has 0 saturated carbocycles. The van der Waals surface area contributed by atoms with E-state index in [-0.39, 0.29) is 12.5 Å². The average molecular weight is 274 g/mol. The van der Waals surface area contributed by atoms with Crippen molar-refractivity contribution in [1.29, 1.82) is 0 Å². The third-order valence-electron chi connectivity index (χ3n) is 2.98. The maximum absolute atomic E-state index is 12.1. The zero-order valence-corrected chi connectivity index (χ0v) is 11.2. The fourth-order valence-corrected chi connectivity index (χ4v) is 2.05. The van der Waals surface area contributed by atoms with E-state index in [1.165, 1.54) is 0 Å². The molecule has 5 heteroatoms. The predicted octanol–water partition coefficient (Wildman–Crippen LogP) is 3.72. The molecule has 108 valence electrons. The zero-order chi connectivity index (χ0) is 14.1. The van der Waals surface area contributed by atoms with E-state index in [2.05, 4.69) is 10.3 Å². The number of aromatic nitrogens is 1. The molecule has 1 atom stereocenters. The monoisotopic (exact) mass is 274 g/mol. The summed E-state index contributed by atoms with van der Waals surface area (Å²) in [6.07, 6.45) is -0.645. The largest absolute Gasteiger partial charge is 0.389 e. The second-order valence-corrected chi connectivity index (χ2v) is 4.62. The van der Waals surface area contributed by atoms with Crippen LogP contribution in [0.2, 0.25) is 0 Å². The van der Waals surface area contributed by atoms with Gasteiger partial charge in [-0.25, -0.2) is 0 Å². The van der Waals surface area contributed by atoms with Crippen molar-refractivity contribution in [2.45, 2.75) is 51.2 Å². The summed E-state index contributed by atoms with van der Waals surface area (Å²) in [6, 6.07) is 5.86. The standard InChI is InChI=1S/C14H21F3N2/c1-2-18-12(7-5-10-14(15,16)17)8-9-13-6-3-4-11-19-13/h3-4,6,11-12,18H,2,5,7-10H2,1H3. The van der Waals surface area contributed by atoms with Crippen LogP contribution < -0.4 is 5.32 Å². The van der Waals surface area contributed by atoms with Crippen LogP contribution in [0.3, 0.4) is 0 Å². The van der Waals surface area contributed by atoms with Crippen LogP contribution >= 0.6 is 0 Å². The van der Waals surface area contributed by atoms with Gasteiger partial charge in [0.05, 0.1) is 0 Å². The third kappa shape index (κ3) is 7.82. The van der Waals surface area contributed by atoms with E-state index in [4.69, 9.17) is 0 Å². The Morgan fingerprint density at radius 3 is 2.63 bits per heavy atom. The van der Waals surface area contributed by atoms with Crippen LogP contribution in [-0.4, -0.2) is 23.7 Å². The maximum Gasteiger partial charge on any atom is 0.389 e. The number of halogens is 3. The Balaban J connectivity index is 2.32. The van der Waals surface area contributed by atoms with Gasteiger partial charge in [-0.1, -0.05) is 13.0 Å². The second-order valence-electron chi connectivity index (χ2n) is 4.62. The molecule has 1 rings (SSSR count). The van der Waals surface area contributed by atoms with Gasteiger partial charge in [-0.2, -0.15) is 13.2 Å². The van der Waals surface area contributed by atoms with E-state index < -0.39 is 12.6 Å². The smallest absolute Gasteiger partial charge is 0.314 e. The number of aryl methyl sites for hydroxylation is 1. The van der Waals surface area contributed by atoms with E-state index in [9.17, 15) is 13.2 Å². The summed E-state index contributed by atoms with van der Waals surface area (Å²) in [4.78, 5) is 4.22. The van der Waals surface area contributed by atoms with Gasteiger partial charge in [0.25, 0.3) is 0 Å². The fraction of sp³-hybridized carbons (Fsp3) is 0.643. The van der Waals surface area contributed by atoms with E-state index in [1.807, 2.05) is 25.1 Å². The molecule has 0 aliphatic carbocycles. The van der Waals surface area contributed by atoms with Gasteiger partial charge in [-0.15, -0.1) is 0 Å². The molecule has 2 nitrogen and oxygen atoms in total. The molecule has 0 aromatic carbocycles. The molecule has 0 aliphatic rings. The Morgan fingerprint density at radius 2 is 2.05 bits per heavy atom. The first-order valence-electron chi connectivity index (χ1n) is 6.71. The molecule has 0 amide bonds. The first kappa shape index (κ1) is 16.0. The molecule has 0 spiro atoms. The van der Waals surface area contributed by atoms with Gasteiger partial charge >= 0.3 is 6.18 Å². The molecule has 1 aromatic rings. The van der Waals surface area contributed by atoms with Gasteiger partial charge < -0.3 is 5.32 Å². The number of alkyl halides is 3. The molecule has 0 fully saturated rings. The van der Waals surface area contributed by atoms with Crippen molar-refractivity contribution in [3.8, 4) is 0 Å². The summed E-state index contributed by atoms with van der Waals surface area (Å²) < 4.78 is 36.3. The van der Waals surface area contributed by atoms with E-state index in [0.29, 0.717) is 6.42 Å². The molecular formula is C14H21F3N2. The minimum Gasteiger partial charge on any atom is -0.314 e. The van der Waals surface area contributed by atoms with Crippen molar-refractivity contribution in [1.82, 2.24) is 10.3 Å². The summed E-state index contributed by atoms with van der Waals surface area (Å²) >= 11 is 0. The third-order valence-corrected chi connectivity index (χ3v) is 2.98. The molecule has 0 saturated heterocycles. The van der Waals surface area contributed by atoms with Crippen LogP contribution in [0.1, 0.15) is 38.3 Å². The first-order valence-corrected chi connectivity index (χ1v) is 6.71. The molecule has 0 radical (unpaired) electrons. The van der Waals surface area contributed by atoms with E-state index in [0.717, 1.165) is 25.1 Å². The topological polar surface area (TPSA) is 24.9 Å². The van der Waals surface area contributed by atoms with Crippen LogP contribution in [-0.2, 0) is 6.42 Å². The lowest BCUT2D eigenvalue weighted by molar-refractivity contribution is -0.135. The number of nitrogens with zero attached hydrogens (tertiary/aromatic N) is 1. The number of pyridine rings is 1. The van der Waals surface area contributed by atoms with Crippen LogP contribution in [0, 0.1) is 0 Å². The lowest BCUT2D eigenvalue weighted by Crippen LogP contribution is -2.29. The fourth-order valence-electron chi connectivity index (χ4n) is 2.05. The Bertz CT molecular complexity index is 338. The molecular weight excluding hydrogens is 253 g/mol. The van der Waals surface area contributed by atoms with Gasteiger partial charge in [0.1, 0.15) is 0 Å². The predicted molar refractivity (Wildman–Crippen MR) is 69.9 cm³/mol. The highest BCUT2D eigenvalue weighted by atomic mass is 19.4. The van der Waals surface area contributed by atoms with Crippen LogP contribution in [0.15, 0.2) is 24.4 Å². The minimum atomic E-state index is -4.04. The normalized spacial score (nSPS) is 13.5. The van der Waals surface area contributed by atoms with Crippen molar-refractivity contribution in [3.05, 3.63) is 30.1 Å². The van der Waals surface area contributed by atoms with Gasteiger partial charge in [0.15, 0.2) is 0 Å². The maximum atomic E-state index is 12.1. The summed E-state index contributed by atoms with van der Waals surface area (Å²) in [5.74, 6) is 0. The number of nitrogens with one attached hydrogen (secondary N) is 1. The number of rotatable bonds is 8. The average Bonchev–Trinajstić information content (AvgIpc) is 2.36. The van der Waals surface area contributed by atoms with Gasteiger partial charge in [-0.05, 0) is 44.4 Å². The van der Waals surface area contributed by atoms with E-state index >= 15 is 0 Å². The second kappa shape index (κ2) is 8.15. The molecule has 0 bridgehead atoms. The Hall–Kier alpha value is -1.10. The lowest BCUT2D eigenvalue weighted by atomic mass is 10.0. The van der Waals surface area contributed by atoms with Crippen molar-refractivity contribution < 1.29 is 13.2 Å². The molecule has 19 heavy (non-hydrogen) atoms. The molecule has 1 heterocycles. The van der Waals surface area contributed by atoms with Gasteiger partial charge in [0, 0.05) is 24.4 Å². The summed E-state index contributed by atoms with van der Waals surface area (Å²) in [5, 5.41) is 3.24. The first-order chi connectivity index (χ1) is 9.01. The van der Waals surface area contributed by atoms with Gasteiger partial charge in [0.2, 0.25) is 0 Å². The van der Waals surface area contributed by atoms with Crippen LogP contribution in [0.4, 0.5) is 13.2 Å². The van der Waals surface area contributed by atoms with E-state index in [1.54, 1.807) is 6.20 Å². The SMILES string of the molecule is CCNC(CCCC(F)(F)F)CCc1ccccn1.